The van der Waals surface area contributed by atoms with E-state index in [1.165, 1.54) is 0 Å². The number of anilines is 1. The first-order valence-electron chi connectivity index (χ1n) is 4.45. The maximum absolute atomic E-state index is 13.1. The van der Waals surface area contributed by atoms with Gasteiger partial charge in [0, 0.05) is 12.1 Å². The minimum Gasteiger partial charge on any atom is -0.479 e. The SMILES string of the molecule is O=C(O)CONC(=O)Nc1cc(F)c(F)cc1F. The van der Waals surface area contributed by atoms with Crippen LogP contribution in [0.4, 0.5) is 23.7 Å². The fourth-order valence-corrected chi connectivity index (χ4v) is 0.930. The minimum atomic E-state index is -1.40. The van der Waals surface area contributed by atoms with E-state index in [0.29, 0.717) is 6.07 Å². The van der Waals surface area contributed by atoms with Gasteiger partial charge in [0.15, 0.2) is 18.2 Å². The maximum Gasteiger partial charge on any atom is 0.343 e. The summed E-state index contributed by atoms with van der Waals surface area (Å²) in [6.45, 7) is -0.812. The Kier molecular flexibility index (Phi) is 4.49. The van der Waals surface area contributed by atoms with E-state index in [0.717, 1.165) is 0 Å². The van der Waals surface area contributed by atoms with Crippen LogP contribution in [-0.4, -0.2) is 23.7 Å². The van der Waals surface area contributed by atoms with Gasteiger partial charge in [0.25, 0.3) is 0 Å². The summed E-state index contributed by atoms with van der Waals surface area (Å²) in [5, 5.41) is 9.98. The summed E-state index contributed by atoms with van der Waals surface area (Å²) in [4.78, 5) is 25.2. The lowest BCUT2D eigenvalue weighted by atomic mass is 10.3. The third-order valence-electron chi connectivity index (χ3n) is 1.62. The van der Waals surface area contributed by atoms with Crippen LogP contribution in [0, 0.1) is 17.5 Å². The van der Waals surface area contributed by atoms with Crippen LogP contribution in [0.2, 0.25) is 0 Å². The molecule has 0 spiro atoms. The van der Waals surface area contributed by atoms with E-state index >= 15 is 0 Å². The second kappa shape index (κ2) is 5.87. The van der Waals surface area contributed by atoms with Crippen LogP contribution in [-0.2, 0) is 9.63 Å². The number of carbonyl (C=O) groups is 2. The number of carboxylic acids is 1. The van der Waals surface area contributed by atoms with Crippen LogP contribution in [0.25, 0.3) is 0 Å². The number of benzene rings is 1. The molecule has 1 rings (SSSR count). The summed E-state index contributed by atoms with van der Waals surface area (Å²) in [6, 6.07) is -0.453. The Morgan fingerprint density at radius 3 is 2.39 bits per heavy atom. The molecule has 0 saturated heterocycles. The molecule has 0 radical (unpaired) electrons. The smallest absolute Gasteiger partial charge is 0.343 e. The van der Waals surface area contributed by atoms with Gasteiger partial charge in [0.05, 0.1) is 5.69 Å². The highest BCUT2D eigenvalue weighted by atomic mass is 19.2. The molecule has 0 aromatic heterocycles. The van der Waals surface area contributed by atoms with Crippen molar-refractivity contribution in [3.63, 3.8) is 0 Å². The lowest BCUT2D eigenvalue weighted by Crippen LogP contribution is -2.31. The number of carboxylic acid groups (broad SMARTS) is 1. The van der Waals surface area contributed by atoms with Crippen molar-refractivity contribution in [2.45, 2.75) is 0 Å². The Labute approximate surface area is 98.3 Å². The molecular weight excluding hydrogens is 257 g/mol. The van der Waals surface area contributed by atoms with Gasteiger partial charge in [0.1, 0.15) is 5.82 Å². The van der Waals surface area contributed by atoms with E-state index in [1.807, 2.05) is 0 Å². The summed E-state index contributed by atoms with van der Waals surface area (Å²) in [6.07, 6.45) is 0. The Bertz CT molecular complexity index is 481. The van der Waals surface area contributed by atoms with Crippen molar-refractivity contribution in [2.24, 2.45) is 0 Å². The molecule has 1 aromatic rings. The van der Waals surface area contributed by atoms with Crippen molar-refractivity contribution in [1.82, 2.24) is 5.48 Å². The summed E-state index contributed by atoms with van der Waals surface area (Å²) in [7, 11) is 0. The van der Waals surface area contributed by atoms with Crippen LogP contribution < -0.4 is 10.8 Å². The molecule has 18 heavy (non-hydrogen) atoms. The van der Waals surface area contributed by atoms with Gasteiger partial charge in [0.2, 0.25) is 0 Å². The number of halogens is 3. The van der Waals surface area contributed by atoms with E-state index in [9.17, 15) is 22.8 Å². The van der Waals surface area contributed by atoms with E-state index in [2.05, 4.69) is 4.84 Å². The van der Waals surface area contributed by atoms with Crippen molar-refractivity contribution in [3.05, 3.63) is 29.6 Å². The first kappa shape index (κ1) is 13.8. The van der Waals surface area contributed by atoms with Gasteiger partial charge in [-0.05, 0) is 0 Å². The first-order chi connectivity index (χ1) is 8.40. The largest absolute Gasteiger partial charge is 0.479 e. The van der Waals surface area contributed by atoms with E-state index in [4.69, 9.17) is 5.11 Å². The molecule has 0 heterocycles. The predicted octanol–water partition coefficient (Wildman–Crippen LogP) is 1.24. The van der Waals surface area contributed by atoms with Crippen LogP contribution in [0.1, 0.15) is 0 Å². The normalized spacial score (nSPS) is 9.94. The van der Waals surface area contributed by atoms with E-state index in [1.54, 1.807) is 10.8 Å². The molecule has 6 nitrogen and oxygen atoms in total. The summed E-state index contributed by atoms with van der Waals surface area (Å²) >= 11 is 0. The van der Waals surface area contributed by atoms with Crippen LogP contribution in [0.5, 0.6) is 0 Å². The maximum atomic E-state index is 13.1. The number of urea groups is 1. The average molecular weight is 264 g/mol. The Hall–Kier alpha value is -2.29. The van der Waals surface area contributed by atoms with E-state index in [-0.39, 0.29) is 6.07 Å². The van der Waals surface area contributed by atoms with Gasteiger partial charge in [-0.1, -0.05) is 0 Å². The van der Waals surface area contributed by atoms with Crippen molar-refractivity contribution in [1.29, 1.82) is 0 Å². The zero-order valence-electron chi connectivity index (χ0n) is 8.67. The molecule has 9 heteroatoms. The van der Waals surface area contributed by atoms with Crippen molar-refractivity contribution in [3.8, 4) is 0 Å². The minimum absolute atomic E-state index is 0.253. The van der Waals surface area contributed by atoms with Gasteiger partial charge >= 0.3 is 12.0 Å². The number of nitrogens with one attached hydrogen (secondary N) is 2. The third-order valence-corrected chi connectivity index (χ3v) is 1.62. The highest BCUT2D eigenvalue weighted by molar-refractivity contribution is 5.88. The lowest BCUT2D eigenvalue weighted by molar-refractivity contribution is -0.143. The summed E-state index contributed by atoms with van der Waals surface area (Å²) < 4.78 is 38.4. The molecule has 0 aliphatic heterocycles. The number of amides is 2. The van der Waals surface area contributed by atoms with Gasteiger partial charge < -0.3 is 10.4 Å². The quantitative estimate of drug-likeness (QED) is 0.564. The number of hydrogen-bond acceptors (Lipinski definition) is 3. The highest BCUT2D eigenvalue weighted by Gasteiger charge is 2.12. The number of hydroxylamine groups is 1. The second-order valence-electron chi connectivity index (χ2n) is 2.98. The molecular formula is C9H7F3N2O4. The monoisotopic (exact) mass is 264 g/mol. The molecule has 98 valence electrons. The summed E-state index contributed by atoms with van der Waals surface area (Å²) in [5.74, 6) is -5.28. The van der Waals surface area contributed by atoms with Crippen molar-refractivity contribution < 1.29 is 32.7 Å². The molecule has 0 aliphatic rings. The predicted molar refractivity (Wildman–Crippen MR) is 52.1 cm³/mol. The highest BCUT2D eigenvalue weighted by Crippen LogP contribution is 2.18. The molecule has 3 N–H and O–H groups in total. The number of carbonyl (C=O) groups excluding carboxylic acids is 1. The van der Waals surface area contributed by atoms with Gasteiger partial charge in [-0.15, -0.1) is 0 Å². The van der Waals surface area contributed by atoms with Crippen LogP contribution >= 0.6 is 0 Å². The number of hydrogen-bond donors (Lipinski definition) is 3. The standard InChI is InChI=1S/C9H7F3N2O4/c10-4-1-6(12)7(2-5(4)11)13-9(17)14-18-3-8(15)16/h1-2H,3H2,(H,15,16)(H2,13,14,17). The zero-order valence-corrected chi connectivity index (χ0v) is 8.67. The average Bonchev–Trinajstić information content (AvgIpc) is 2.25. The van der Waals surface area contributed by atoms with Gasteiger partial charge in [-0.3, -0.25) is 4.84 Å². The van der Waals surface area contributed by atoms with Crippen LogP contribution in [0.15, 0.2) is 12.1 Å². The molecule has 0 unspecified atom stereocenters. The van der Waals surface area contributed by atoms with Crippen molar-refractivity contribution >= 4 is 17.7 Å². The first-order valence-corrected chi connectivity index (χ1v) is 4.45. The van der Waals surface area contributed by atoms with Gasteiger partial charge in [-0.25, -0.2) is 28.2 Å². The molecule has 0 fully saturated rings. The zero-order chi connectivity index (χ0) is 13.7. The number of aliphatic carboxylic acids is 1. The Morgan fingerprint density at radius 1 is 1.17 bits per heavy atom. The van der Waals surface area contributed by atoms with Crippen LogP contribution in [0.3, 0.4) is 0 Å². The molecule has 0 bridgehead atoms. The van der Waals surface area contributed by atoms with Crippen molar-refractivity contribution in [2.75, 3.05) is 11.9 Å². The lowest BCUT2D eigenvalue weighted by Gasteiger charge is -2.07. The summed E-state index contributed by atoms with van der Waals surface area (Å²) in [5.41, 5.74) is 0.990. The fourth-order valence-electron chi connectivity index (χ4n) is 0.930. The third kappa shape index (κ3) is 3.94. The molecule has 0 atom stereocenters. The Balaban J connectivity index is 2.59. The Morgan fingerprint density at radius 2 is 1.78 bits per heavy atom. The molecule has 0 aliphatic carbocycles. The van der Waals surface area contributed by atoms with Gasteiger partial charge in [-0.2, -0.15) is 0 Å². The molecule has 0 saturated carbocycles. The topological polar surface area (TPSA) is 87.7 Å². The molecule has 2 amide bonds. The number of rotatable bonds is 4. The molecule has 1 aromatic carbocycles. The van der Waals surface area contributed by atoms with E-state index < -0.39 is 41.7 Å². The fraction of sp³-hybridized carbons (Fsp3) is 0.111. The second-order valence-corrected chi connectivity index (χ2v) is 2.98.